The van der Waals surface area contributed by atoms with Gasteiger partial charge in [-0.2, -0.15) is 0 Å². The summed E-state index contributed by atoms with van der Waals surface area (Å²) < 4.78 is 5.31. The van der Waals surface area contributed by atoms with Gasteiger partial charge in [0.05, 0.1) is 5.69 Å². The van der Waals surface area contributed by atoms with Crippen LogP contribution >= 0.6 is 0 Å². The Morgan fingerprint density at radius 3 is 2.79 bits per heavy atom. The zero-order valence-corrected chi connectivity index (χ0v) is 12.1. The third-order valence-electron chi connectivity index (χ3n) is 3.29. The second kappa shape index (κ2) is 6.59. The summed E-state index contributed by atoms with van der Waals surface area (Å²) in [6.45, 7) is 9.95. The molecule has 5 nitrogen and oxygen atoms in total. The molecule has 0 spiro atoms. The molecule has 0 unspecified atom stereocenters. The van der Waals surface area contributed by atoms with Crippen LogP contribution in [0, 0.1) is 0 Å². The van der Waals surface area contributed by atoms with Crippen LogP contribution in [0.5, 0.6) is 0 Å². The third-order valence-corrected chi connectivity index (χ3v) is 3.29. The Kier molecular flexibility index (Phi) is 4.82. The van der Waals surface area contributed by atoms with Gasteiger partial charge in [-0.25, -0.2) is 4.99 Å². The minimum absolute atomic E-state index is 0.397. The van der Waals surface area contributed by atoms with Crippen molar-refractivity contribution in [3.63, 3.8) is 0 Å². The van der Waals surface area contributed by atoms with E-state index in [9.17, 15) is 0 Å². The molecule has 0 amide bonds. The summed E-state index contributed by atoms with van der Waals surface area (Å²) in [5.41, 5.74) is 0.997. The van der Waals surface area contributed by atoms with E-state index in [1.165, 1.54) is 12.8 Å². The lowest BCUT2D eigenvalue weighted by Gasteiger charge is -2.20. The number of nitrogens with one attached hydrogen (secondary N) is 1. The number of rotatable bonds is 4. The Hall–Kier alpha value is -1.52. The normalized spacial score (nSPS) is 16.4. The van der Waals surface area contributed by atoms with Crippen molar-refractivity contribution in [2.24, 2.45) is 4.99 Å². The first kappa shape index (κ1) is 13.9. The number of nitrogens with zero attached hydrogens (tertiary/aromatic N) is 3. The van der Waals surface area contributed by atoms with Gasteiger partial charge in [0.2, 0.25) is 0 Å². The molecule has 19 heavy (non-hydrogen) atoms. The summed E-state index contributed by atoms with van der Waals surface area (Å²) in [6, 6.07) is 2.00. The molecular weight excluding hydrogens is 240 g/mol. The molecule has 106 valence electrons. The fourth-order valence-corrected chi connectivity index (χ4v) is 2.18. The van der Waals surface area contributed by atoms with Crippen LogP contribution in [0.4, 0.5) is 0 Å². The van der Waals surface area contributed by atoms with Crippen LogP contribution in [0.1, 0.15) is 51.0 Å². The second-order valence-electron chi connectivity index (χ2n) is 5.24. The van der Waals surface area contributed by atoms with Gasteiger partial charge >= 0.3 is 0 Å². The highest BCUT2D eigenvalue weighted by molar-refractivity contribution is 5.80. The summed E-state index contributed by atoms with van der Waals surface area (Å²) in [7, 11) is 0. The van der Waals surface area contributed by atoms with Gasteiger partial charge in [0, 0.05) is 25.7 Å². The number of aliphatic imine (C=N–C) groups is 1. The van der Waals surface area contributed by atoms with E-state index in [-0.39, 0.29) is 0 Å². The summed E-state index contributed by atoms with van der Waals surface area (Å²) >= 11 is 0. The number of hydrogen-bond acceptors (Lipinski definition) is 3. The van der Waals surface area contributed by atoms with E-state index >= 15 is 0 Å². The average Bonchev–Trinajstić information content (AvgIpc) is 3.05. The van der Waals surface area contributed by atoms with Crippen molar-refractivity contribution in [2.45, 2.75) is 46.1 Å². The molecule has 0 aliphatic carbocycles. The maximum atomic E-state index is 5.31. The van der Waals surface area contributed by atoms with E-state index < -0.39 is 0 Å². The minimum atomic E-state index is 0.397. The predicted molar refractivity (Wildman–Crippen MR) is 76.2 cm³/mol. The lowest BCUT2D eigenvalue weighted by molar-refractivity contribution is 0.375. The Balaban J connectivity index is 2.00. The van der Waals surface area contributed by atoms with Crippen molar-refractivity contribution >= 4 is 5.96 Å². The van der Waals surface area contributed by atoms with Gasteiger partial charge in [0.25, 0.3) is 0 Å². The van der Waals surface area contributed by atoms with Crippen LogP contribution in [-0.2, 0) is 6.54 Å². The van der Waals surface area contributed by atoms with Crippen LogP contribution in [0.25, 0.3) is 0 Å². The van der Waals surface area contributed by atoms with Gasteiger partial charge in [0.15, 0.2) is 11.7 Å². The number of hydrogen-bond donors (Lipinski definition) is 1. The van der Waals surface area contributed by atoms with Gasteiger partial charge in [-0.15, -0.1) is 0 Å². The molecule has 0 atom stereocenters. The SMILES string of the molecule is CCNC(=NCc1cc(C(C)C)no1)N1CCCC1. The quantitative estimate of drug-likeness (QED) is 0.670. The fourth-order valence-electron chi connectivity index (χ4n) is 2.18. The number of aromatic nitrogens is 1. The smallest absolute Gasteiger partial charge is 0.194 e. The largest absolute Gasteiger partial charge is 0.359 e. The Labute approximate surface area is 115 Å². The summed E-state index contributed by atoms with van der Waals surface area (Å²) in [5, 5.41) is 7.40. The fraction of sp³-hybridized carbons (Fsp3) is 0.714. The van der Waals surface area contributed by atoms with Crippen LogP contribution < -0.4 is 5.32 Å². The molecule has 2 rings (SSSR count). The first-order chi connectivity index (χ1) is 9.20. The van der Waals surface area contributed by atoms with Crippen LogP contribution in [0.2, 0.25) is 0 Å². The molecule has 1 N–H and O–H groups in total. The zero-order valence-electron chi connectivity index (χ0n) is 12.1. The van der Waals surface area contributed by atoms with Gasteiger partial charge < -0.3 is 14.7 Å². The van der Waals surface area contributed by atoms with Gasteiger partial charge in [0.1, 0.15) is 6.54 Å². The molecule has 1 aliphatic heterocycles. The van der Waals surface area contributed by atoms with Gasteiger partial charge in [-0.05, 0) is 25.7 Å². The topological polar surface area (TPSA) is 53.7 Å². The maximum Gasteiger partial charge on any atom is 0.194 e. The molecule has 0 aromatic carbocycles. The second-order valence-corrected chi connectivity index (χ2v) is 5.24. The van der Waals surface area contributed by atoms with E-state index in [2.05, 4.69) is 41.1 Å². The summed E-state index contributed by atoms with van der Waals surface area (Å²) in [6.07, 6.45) is 2.51. The van der Waals surface area contributed by atoms with E-state index in [0.717, 1.165) is 37.0 Å². The van der Waals surface area contributed by atoms with E-state index in [0.29, 0.717) is 12.5 Å². The van der Waals surface area contributed by atoms with Gasteiger partial charge in [-0.3, -0.25) is 0 Å². The summed E-state index contributed by atoms with van der Waals surface area (Å²) in [4.78, 5) is 6.94. The van der Waals surface area contributed by atoms with Gasteiger partial charge in [-0.1, -0.05) is 19.0 Å². The zero-order chi connectivity index (χ0) is 13.7. The lowest BCUT2D eigenvalue weighted by Crippen LogP contribution is -2.39. The molecule has 0 bridgehead atoms. The minimum Gasteiger partial charge on any atom is -0.359 e. The van der Waals surface area contributed by atoms with Crippen LogP contribution in [0.3, 0.4) is 0 Å². The van der Waals surface area contributed by atoms with Crippen LogP contribution in [-0.4, -0.2) is 35.7 Å². The van der Waals surface area contributed by atoms with Crippen molar-refractivity contribution in [3.8, 4) is 0 Å². The van der Waals surface area contributed by atoms with E-state index in [1.54, 1.807) is 0 Å². The lowest BCUT2D eigenvalue weighted by atomic mass is 10.1. The first-order valence-electron chi connectivity index (χ1n) is 7.19. The highest BCUT2D eigenvalue weighted by atomic mass is 16.5. The maximum absolute atomic E-state index is 5.31. The molecule has 0 saturated carbocycles. The van der Waals surface area contributed by atoms with Crippen molar-refractivity contribution in [1.29, 1.82) is 0 Å². The predicted octanol–water partition coefficient (Wildman–Crippen LogP) is 2.36. The Bertz CT molecular complexity index is 419. The van der Waals surface area contributed by atoms with E-state index in [4.69, 9.17) is 4.52 Å². The van der Waals surface area contributed by atoms with Crippen LogP contribution in [0.15, 0.2) is 15.6 Å². The monoisotopic (exact) mass is 264 g/mol. The molecule has 2 heterocycles. The Morgan fingerprint density at radius 2 is 2.21 bits per heavy atom. The van der Waals surface area contributed by atoms with Crippen molar-refractivity contribution in [3.05, 3.63) is 17.5 Å². The number of guanidine groups is 1. The third kappa shape index (κ3) is 3.72. The molecule has 1 fully saturated rings. The molecule has 1 aromatic rings. The van der Waals surface area contributed by atoms with Crippen molar-refractivity contribution in [2.75, 3.05) is 19.6 Å². The first-order valence-corrected chi connectivity index (χ1v) is 7.19. The molecule has 0 radical (unpaired) electrons. The number of likely N-dealkylation sites (tertiary alicyclic amines) is 1. The highest BCUT2D eigenvalue weighted by Crippen LogP contribution is 2.15. The molecule has 1 saturated heterocycles. The molecular formula is C14H24N4O. The van der Waals surface area contributed by atoms with Crippen molar-refractivity contribution < 1.29 is 4.52 Å². The summed E-state index contributed by atoms with van der Waals surface area (Å²) in [5.74, 6) is 2.22. The standard InChI is InChI=1S/C14H24N4O/c1-4-15-14(18-7-5-6-8-18)16-10-12-9-13(11(2)3)17-19-12/h9,11H,4-8,10H2,1-3H3,(H,15,16). The highest BCUT2D eigenvalue weighted by Gasteiger charge is 2.15. The molecule has 1 aliphatic rings. The molecule has 5 heteroatoms. The average molecular weight is 264 g/mol. The Morgan fingerprint density at radius 1 is 1.47 bits per heavy atom. The van der Waals surface area contributed by atoms with Crippen molar-refractivity contribution in [1.82, 2.24) is 15.4 Å². The van der Waals surface area contributed by atoms with E-state index in [1.807, 2.05) is 6.07 Å². The molecule has 1 aromatic heterocycles.